The van der Waals surface area contributed by atoms with Crippen molar-refractivity contribution in [3.05, 3.63) is 35.1 Å². The first-order valence-corrected chi connectivity index (χ1v) is 10.8. The van der Waals surface area contributed by atoms with Crippen LogP contribution in [0.5, 0.6) is 0 Å². The van der Waals surface area contributed by atoms with Crippen molar-refractivity contribution >= 4 is 38.1 Å². The van der Waals surface area contributed by atoms with E-state index >= 15 is 0 Å². The Kier molecular flexibility index (Phi) is 5.78. The summed E-state index contributed by atoms with van der Waals surface area (Å²) in [5, 5.41) is 8.54. The molecule has 10 heteroatoms. The number of amides is 1. The zero-order chi connectivity index (χ0) is 19.6. The summed E-state index contributed by atoms with van der Waals surface area (Å²) in [6.45, 7) is 3.82. The highest BCUT2D eigenvalue weighted by atomic mass is 32.2. The molecule has 1 amide bonds. The predicted molar refractivity (Wildman–Crippen MR) is 103 cm³/mol. The summed E-state index contributed by atoms with van der Waals surface area (Å²) in [6, 6.07) is 3.73. The van der Waals surface area contributed by atoms with E-state index in [4.69, 9.17) is 0 Å². The van der Waals surface area contributed by atoms with Crippen LogP contribution >= 0.6 is 11.3 Å². The van der Waals surface area contributed by atoms with E-state index in [1.807, 2.05) is 12.3 Å². The first kappa shape index (κ1) is 19.7. The molecule has 0 saturated carbocycles. The van der Waals surface area contributed by atoms with Gasteiger partial charge in [0.15, 0.2) is 5.13 Å². The van der Waals surface area contributed by atoms with Crippen molar-refractivity contribution in [3.8, 4) is 0 Å². The molecule has 1 saturated heterocycles. The molecule has 0 atom stereocenters. The summed E-state index contributed by atoms with van der Waals surface area (Å²) in [4.78, 5) is 15.0. The van der Waals surface area contributed by atoms with Crippen LogP contribution in [0.25, 0.3) is 0 Å². The second-order valence-electron chi connectivity index (χ2n) is 6.44. The number of sulfonamides is 1. The number of thiazole rings is 1. The van der Waals surface area contributed by atoms with E-state index in [9.17, 15) is 17.6 Å². The van der Waals surface area contributed by atoms with Crippen molar-refractivity contribution in [2.45, 2.75) is 37.6 Å². The van der Waals surface area contributed by atoms with Gasteiger partial charge in [0.05, 0.1) is 5.69 Å². The van der Waals surface area contributed by atoms with Crippen molar-refractivity contribution in [3.63, 3.8) is 0 Å². The maximum absolute atomic E-state index is 14.3. The van der Waals surface area contributed by atoms with Crippen LogP contribution in [0.4, 0.5) is 15.2 Å². The molecular weight excluding hydrogens is 391 g/mol. The SMILES string of the molecule is CC(=O)Nc1ccc(S(=O)(=O)N2CCC(Nc3nc(C)cs3)CC2)c(F)c1. The van der Waals surface area contributed by atoms with Crippen LogP contribution in [0.1, 0.15) is 25.5 Å². The van der Waals surface area contributed by atoms with Crippen LogP contribution < -0.4 is 10.6 Å². The molecule has 2 aromatic rings. The van der Waals surface area contributed by atoms with Crippen LogP contribution in [-0.2, 0) is 14.8 Å². The highest BCUT2D eigenvalue weighted by Crippen LogP contribution is 2.26. The number of hydrogen-bond donors (Lipinski definition) is 2. The Morgan fingerprint density at radius 1 is 1.33 bits per heavy atom. The van der Waals surface area contributed by atoms with Crippen molar-refractivity contribution in [2.75, 3.05) is 23.7 Å². The molecule has 2 N–H and O–H groups in total. The van der Waals surface area contributed by atoms with Crippen LogP contribution in [0.2, 0.25) is 0 Å². The number of anilines is 2. The quantitative estimate of drug-likeness (QED) is 0.788. The molecule has 0 unspecified atom stereocenters. The van der Waals surface area contributed by atoms with Crippen LogP contribution in [0.15, 0.2) is 28.5 Å². The van der Waals surface area contributed by atoms with Gasteiger partial charge in [-0.05, 0) is 38.0 Å². The summed E-state index contributed by atoms with van der Waals surface area (Å²) in [5.74, 6) is -1.23. The fourth-order valence-electron chi connectivity index (χ4n) is 2.97. The number of carbonyl (C=O) groups excluding carboxylic acids is 1. The van der Waals surface area contributed by atoms with Gasteiger partial charge in [-0.15, -0.1) is 11.3 Å². The second kappa shape index (κ2) is 7.91. The van der Waals surface area contributed by atoms with Crippen LogP contribution in [-0.4, -0.2) is 42.7 Å². The summed E-state index contributed by atoms with van der Waals surface area (Å²) >= 11 is 1.52. The summed E-state index contributed by atoms with van der Waals surface area (Å²) < 4.78 is 41.2. The lowest BCUT2D eigenvalue weighted by molar-refractivity contribution is -0.114. The van der Waals surface area contributed by atoms with E-state index in [1.54, 1.807) is 0 Å². The molecule has 0 spiro atoms. The van der Waals surface area contributed by atoms with Gasteiger partial charge in [-0.3, -0.25) is 4.79 Å². The number of benzene rings is 1. The van der Waals surface area contributed by atoms with E-state index in [1.165, 1.54) is 34.7 Å². The zero-order valence-electron chi connectivity index (χ0n) is 15.0. The number of nitrogens with one attached hydrogen (secondary N) is 2. The van der Waals surface area contributed by atoms with Gasteiger partial charge in [0.1, 0.15) is 10.7 Å². The third-order valence-corrected chi connectivity index (χ3v) is 7.09. The number of nitrogens with zero attached hydrogens (tertiary/aromatic N) is 2. The number of aryl methyl sites for hydroxylation is 1. The maximum atomic E-state index is 14.3. The van der Waals surface area contributed by atoms with E-state index in [2.05, 4.69) is 15.6 Å². The van der Waals surface area contributed by atoms with E-state index in [0.717, 1.165) is 16.9 Å². The van der Waals surface area contributed by atoms with Crippen molar-refractivity contribution in [1.82, 2.24) is 9.29 Å². The number of halogens is 1. The molecule has 1 aromatic heterocycles. The standard InChI is InChI=1S/C17H21FN4O3S2/c1-11-10-26-17(19-11)21-13-5-7-22(8-6-13)27(24,25)16-4-3-14(9-15(16)18)20-12(2)23/h3-4,9-10,13H,5-8H2,1-2H3,(H,19,21)(H,20,23). The van der Waals surface area contributed by atoms with Crippen molar-refractivity contribution < 1.29 is 17.6 Å². The molecule has 7 nitrogen and oxygen atoms in total. The topological polar surface area (TPSA) is 91.4 Å². The highest BCUT2D eigenvalue weighted by molar-refractivity contribution is 7.89. The smallest absolute Gasteiger partial charge is 0.245 e. The fourth-order valence-corrected chi connectivity index (χ4v) is 5.25. The molecule has 1 aliphatic heterocycles. The molecule has 27 heavy (non-hydrogen) atoms. The summed E-state index contributed by atoms with van der Waals surface area (Å²) in [5.41, 5.74) is 1.17. The molecule has 1 aromatic carbocycles. The third kappa shape index (κ3) is 4.63. The number of rotatable bonds is 5. The highest BCUT2D eigenvalue weighted by Gasteiger charge is 2.31. The predicted octanol–water partition coefficient (Wildman–Crippen LogP) is 2.81. The Morgan fingerprint density at radius 3 is 2.59 bits per heavy atom. The number of aromatic nitrogens is 1. The summed E-state index contributed by atoms with van der Waals surface area (Å²) in [6.07, 6.45) is 1.23. The van der Waals surface area contributed by atoms with Crippen molar-refractivity contribution in [1.29, 1.82) is 0 Å². The minimum atomic E-state index is -3.93. The lowest BCUT2D eigenvalue weighted by Crippen LogP contribution is -2.42. The lowest BCUT2D eigenvalue weighted by atomic mass is 10.1. The van der Waals surface area contributed by atoms with Crippen LogP contribution in [0.3, 0.4) is 0 Å². The van der Waals surface area contributed by atoms with E-state index in [0.29, 0.717) is 25.9 Å². The zero-order valence-corrected chi connectivity index (χ0v) is 16.7. The molecule has 146 valence electrons. The molecule has 3 rings (SSSR count). The molecule has 1 aliphatic rings. The fraction of sp³-hybridized carbons (Fsp3) is 0.412. The van der Waals surface area contributed by atoms with Gasteiger partial charge in [0.2, 0.25) is 15.9 Å². The number of piperidine rings is 1. The normalized spacial score (nSPS) is 16.3. The first-order chi connectivity index (χ1) is 12.8. The van der Waals surface area contributed by atoms with Gasteiger partial charge in [-0.2, -0.15) is 4.31 Å². The second-order valence-corrected chi connectivity index (χ2v) is 9.21. The number of carbonyl (C=O) groups is 1. The number of hydrogen-bond acceptors (Lipinski definition) is 6. The first-order valence-electron chi connectivity index (χ1n) is 8.51. The molecule has 0 bridgehead atoms. The maximum Gasteiger partial charge on any atom is 0.245 e. The van der Waals surface area contributed by atoms with Crippen LogP contribution in [0, 0.1) is 12.7 Å². The largest absolute Gasteiger partial charge is 0.359 e. The van der Waals surface area contributed by atoms with E-state index in [-0.39, 0.29) is 22.5 Å². The van der Waals surface area contributed by atoms with Gasteiger partial charge in [0, 0.05) is 37.1 Å². The third-order valence-electron chi connectivity index (χ3n) is 4.27. The van der Waals surface area contributed by atoms with Gasteiger partial charge in [0.25, 0.3) is 0 Å². The van der Waals surface area contributed by atoms with Crippen molar-refractivity contribution in [2.24, 2.45) is 0 Å². The lowest BCUT2D eigenvalue weighted by Gasteiger charge is -2.31. The van der Waals surface area contributed by atoms with E-state index < -0.39 is 15.8 Å². The average Bonchev–Trinajstić information content (AvgIpc) is 2.99. The molecule has 2 heterocycles. The molecule has 1 fully saturated rings. The average molecular weight is 413 g/mol. The van der Waals surface area contributed by atoms with Gasteiger partial charge >= 0.3 is 0 Å². The molecule has 0 radical (unpaired) electrons. The minimum Gasteiger partial charge on any atom is -0.359 e. The Hall–Kier alpha value is -2.04. The minimum absolute atomic E-state index is 0.133. The Bertz CT molecular complexity index is 937. The monoisotopic (exact) mass is 412 g/mol. The molecular formula is C17H21FN4O3S2. The Labute approximate surface area is 161 Å². The van der Waals surface area contributed by atoms with Gasteiger partial charge in [-0.1, -0.05) is 0 Å². The Balaban J connectivity index is 1.67. The van der Waals surface area contributed by atoms with Gasteiger partial charge < -0.3 is 10.6 Å². The Morgan fingerprint density at radius 2 is 2.04 bits per heavy atom. The summed E-state index contributed by atoms with van der Waals surface area (Å²) in [7, 11) is -3.93. The molecule has 0 aliphatic carbocycles. The van der Waals surface area contributed by atoms with Gasteiger partial charge in [-0.25, -0.2) is 17.8 Å².